The van der Waals surface area contributed by atoms with Gasteiger partial charge in [0.2, 0.25) is 0 Å². The number of hydrogen-bond donors (Lipinski definition) is 5. The second-order valence-electron chi connectivity index (χ2n) is 9.53. The lowest BCUT2D eigenvalue weighted by atomic mass is 9.81. The van der Waals surface area contributed by atoms with Crippen LogP contribution >= 0.6 is 0 Å². The van der Waals surface area contributed by atoms with Crippen molar-refractivity contribution in [2.24, 2.45) is 5.92 Å². The Labute approximate surface area is 190 Å². The van der Waals surface area contributed by atoms with Crippen LogP contribution in [0.2, 0.25) is 0 Å². The van der Waals surface area contributed by atoms with Crippen molar-refractivity contribution in [3.8, 4) is 0 Å². The van der Waals surface area contributed by atoms with Crippen molar-refractivity contribution >= 4 is 0 Å². The van der Waals surface area contributed by atoms with Crippen LogP contribution < -0.4 is 0 Å². The van der Waals surface area contributed by atoms with Gasteiger partial charge in [0.25, 0.3) is 0 Å². The molecule has 6 unspecified atom stereocenters. The predicted octanol–water partition coefficient (Wildman–Crippen LogP) is 3.70. The molecule has 0 amide bonds. The quantitative estimate of drug-likeness (QED) is 0.194. The van der Waals surface area contributed by atoms with Crippen molar-refractivity contribution < 1.29 is 30.3 Å². The standard InChI is InChI=1S/C25H50O6/c1-2-3-4-5-6-7-8-9-10-11-12-13-14-15-21(27)16-17-31-22-18-20(19-26)23(28)25(30)24(22)29/h20-30H,2-19H2,1H3. The number of unbranched alkanes of at least 4 members (excludes halogenated alkanes) is 12. The zero-order chi connectivity index (χ0) is 22.9. The molecule has 0 saturated heterocycles. The third-order valence-electron chi connectivity index (χ3n) is 6.76. The van der Waals surface area contributed by atoms with Gasteiger partial charge in [-0.15, -0.1) is 0 Å². The van der Waals surface area contributed by atoms with Crippen LogP contribution in [0, 0.1) is 5.92 Å². The van der Waals surface area contributed by atoms with Gasteiger partial charge in [-0.3, -0.25) is 0 Å². The normalized spacial score (nSPS) is 27.5. The molecule has 1 rings (SSSR count). The molecule has 5 N–H and O–H groups in total. The maximum Gasteiger partial charge on any atom is 0.109 e. The Bertz CT molecular complexity index is 405. The van der Waals surface area contributed by atoms with Gasteiger partial charge in [0.1, 0.15) is 12.2 Å². The predicted molar refractivity (Wildman–Crippen MR) is 124 cm³/mol. The molecule has 1 aliphatic carbocycles. The molecule has 0 spiro atoms. The van der Waals surface area contributed by atoms with Gasteiger partial charge >= 0.3 is 0 Å². The summed E-state index contributed by atoms with van der Waals surface area (Å²) < 4.78 is 5.64. The lowest BCUT2D eigenvalue weighted by Crippen LogP contribution is -2.55. The van der Waals surface area contributed by atoms with Crippen LogP contribution in [-0.2, 0) is 4.74 Å². The summed E-state index contributed by atoms with van der Waals surface area (Å²) in [7, 11) is 0. The number of ether oxygens (including phenoxy) is 1. The minimum atomic E-state index is -1.31. The number of aliphatic hydroxyl groups is 5. The highest BCUT2D eigenvalue weighted by Gasteiger charge is 2.42. The molecule has 6 nitrogen and oxygen atoms in total. The Kier molecular flexibility index (Phi) is 16.9. The Morgan fingerprint density at radius 1 is 0.710 bits per heavy atom. The zero-order valence-corrected chi connectivity index (χ0v) is 19.8. The summed E-state index contributed by atoms with van der Waals surface area (Å²) in [5.41, 5.74) is 0. The maximum absolute atomic E-state index is 10.1. The summed E-state index contributed by atoms with van der Waals surface area (Å²) in [5, 5.41) is 49.2. The van der Waals surface area contributed by atoms with Crippen molar-refractivity contribution in [1.29, 1.82) is 0 Å². The fourth-order valence-corrected chi connectivity index (χ4v) is 4.52. The molecular weight excluding hydrogens is 396 g/mol. The molecule has 1 fully saturated rings. The minimum Gasteiger partial charge on any atom is -0.396 e. The molecule has 0 bridgehead atoms. The van der Waals surface area contributed by atoms with E-state index in [0.717, 1.165) is 19.3 Å². The Morgan fingerprint density at radius 3 is 1.74 bits per heavy atom. The van der Waals surface area contributed by atoms with Gasteiger partial charge in [0.05, 0.1) is 18.3 Å². The minimum absolute atomic E-state index is 0.257. The van der Waals surface area contributed by atoms with Crippen LogP contribution in [-0.4, -0.2) is 69.3 Å². The third kappa shape index (κ3) is 12.5. The lowest BCUT2D eigenvalue weighted by Gasteiger charge is -2.39. The van der Waals surface area contributed by atoms with Crippen molar-refractivity contribution in [2.75, 3.05) is 13.2 Å². The van der Waals surface area contributed by atoms with E-state index in [-0.39, 0.29) is 6.61 Å². The lowest BCUT2D eigenvalue weighted by molar-refractivity contribution is -0.179. The van der Waals surface area contributed by atoms with Crippen LogP contribution in [0.25, 0.3) is 0 Å². The number of hydrogen-bond acceptors (Lipinski definition) is 6. The zero-order valence-electron chi connectivity index (χ0n) is 19.8. The fraction of sp³-hybridized carbons (Fsp3) is 1.00. The van der Waals surface area contributed by atoms with Crippen molar-refractivity contribution in [3.63, 3.8) is 0 Å². The van der Waals surface area contributed by atoms with Gasteiger partial charge in [-0.25, -0.2) is 0 Å². The molecule has 0 radical (unpaired) electrons. The highest BCUT2D eigenvalue weighted by Crippen LogP contribution is 2.28. The summed E-state index contributed by atoms with van der Waals surface area (Å²) in [6, 6.07) is 0. The maximum atomic E-state index is 10.1. The van der Waals surface area contributed by atoms with Gasteiger partial charge in [0.15, 0.2) is 0 Å². The van der Waals surface area contributed by atoms with Gasteiger partial charge in [0, 0.05) is 19.1 Å². The van der Waals surface area contributed by atoms with Crippen molar-refractivity contribution in [1.82, 2.24) is 0 Å². The first-order chi connectivity index (χ1) is 15.0. The molecule has 186 valence electrons. The molecular formula is C25H50O6. The topological polar surface area (TPSA) is 110 Å². The van der Waals surface area contributed by atoms with Crippen LogP contribution in [0.5, 0.6) is 0 Å². The van der Waals surface area contributed by atoms with Crippen molar-refractivity contribution in [2.45, 2.75) is 140 Å². The van der Waals surface area contributed by atoms with E-state index in [0.29, 0.717) is 19.4 Å². The Balaban J connectivity index is 1.94. The smallest absolute Gasteiger partial charge is 0.109 e. The van der Waals surface area contributed by atoms with Crippen LogP contribution in [0.15, 0.2) is 0 Å². The molecule has 1 saturated carbocycles. The van der Waals surface area contributed by atoms with E-state index in [1.165, 1.54) is 70.6 Å². The molecule has 6 atom stereocenters. The second kappa shape index (κ2) is 18.2. The first-order valence-electron chi connectivity index (χ1n) is 13.0. The van der Waals surface area contributed by atoms with Crippen LogP contribution in [0.3, 0.4) is 0 Å². The van der Waals surface area contributed by atoms with E-state index in [1.54, 1.807) is 0 Å². The summed E-state index contributed by atoms with van der Waals surface area (Å²) in [5.74, 6) is -0.501. The van der Waals surface area contributed by atoms with E-state index in [9.17, 15) is 25.5 Å². The fourth-order valence-electron chi connectivity index (χ4n) is 4.52. The Morgan fingerprint density at radius 2 is 1.23 bits per heavy atom. The molecule has 31 heavy (non-hydrogen) atoms. The molecule has 0 aromatic carbocycles. The first kappa shape index (κ1) is 28.8. The number of rotatable bonds is 19. The molecule has 6 heteroatoms. The highest BCUT2D eigenvalue weighted by atomic mass is 16.5. The van der Waals surface area contributed by atoms with Crippen LogP contribution in [0.1, 0.15) is 110 Å². The second-order valence-corrected chi connectivity index (χ2v) is 9.53. The summed E-state index contributed by atoms with van der Waals surface area (Å²) in [4.78, 5) is 0. The summed E-state index contributed by atoms with van der Waals surface area (Å²) in [6.45, 7) is 2.29. The van der Waals surface area contributed by atoms with Gasteiger partial charge in [-0.05, 0) is 19.3 Å². The monoisotopic (exact) mass is 446 g/mol. The molecule has 0 aromatic rings. The molecule has 0 aromatic heterocycles. The number of aliphatic hydroxyl groups excluding tert-OH is 5. The average molecular weight is 447 g/mol. The van der Waals surface area contributed by atoms with Crippen molar-refractivity contribution in [3.05, 3.63) is 0 Å². The van der Waals surface area contributed by atoms with Gasteiger partial charge in [-0.1, -0.05) is 90.4 Å². The Hall–Kier alpha value is -0.240. The van der Waals surface area contributed by atoms with Gasteiger partial charge in [-0.2, -0.15) is 0 Å². The van der Waals surface area contributed by atoms with Gasteiger partial charge < -0.3 is 30.3 Å². The van der Waals surface area contributed by atoms with E-state index in [2.05, 4.69) is 6.92 Å². The average Bonchev–Trinajstić information content (AvgIpc) is 2.77. The molecule has 0 heterocycles. The summed E-state index contributed by atoms with van der Waals surface area (Å²) >= 11 is 0. The SMILES string of the molecule is CCCCCCCCCCCCCCCC(O)CCOC1CC(CO)C(O)C(O)C1O. The third-order valence-corrected chi connectivity index (χ3v) is 6.76. The van der Waals surface area contributed by atoms with E-state index in [4.69, 9.17) is 4.74 Å². The van der Waals surface area contributed by atoms with E-state index in [1.807, 2.05) is 0 Å². The van der Waals surface area contributed by atoms with Crippen LogP contribution in [0.4, 0.5) is 0 Å². The first-order valence-corrected chi connectivity index (χ1v) is 13.0. The van der Waals surface area contributed by atoms with E-state index < -0.39 is 36.4 Å². The van der Waals surface area contributed by atoms with E-state index >= 15 is 0 Å². The molecule has 1 aliphatic rings. The highest BCUT2D eigenvalue weighted by molar-refractivity contribution is 4.93. The largest absolute Gasteiger partial charge is 0.396 e. The summed E-state index contributed by atoms with van der Waals surface area (Å²) in [6.07, 6.45) is 13.9. The molecule has 0 aliphatic heterocycles.